The SMILES string of the molecule is Cc1cc(C(C)CON)cnc1Cl. The Morgan fingerprint density at radius 1 is 1.69 bits per heavy atom. The first kappa shape index (κ1) is 10.4. The monoisotopic (exact) mass is 200 g/mol. The first-order chi connectivity index (χ1) is 6.15. The molecule has 0 saturated carbocycles. The van der Waals surface area contributed by atoms with Gasteiger partial charge in [-0.3, -0.25) is 0 Å². The highest BCUT2D eigenvalue weighted by Gasteiger charge is 2.07. The predicted molar refractivity (Wildman–Crippen MR) is 52.5 cm³/mol. The van der Waals surface area contributed by atoms with Crippen molar-refractivity contribution in [2.75, 3.05) is 6.61 Å². The van der Waals surface area contributed by atoms with E-state index in [2.05, 4.69) is 9.82 Å². The highest BCUT2D eigenvalue weighted by atomic mass is 35.5. The van der Waals surface area contributed by atoms with E-state index in [4.69, 9.17) is 17.5 Å². The number of aryl methyl sites for hydroxylation is 1. The van der Waals surface area contributed by atoms with Crippen LogP contribution in [0.25, 0.3) is 0 Å². The van der Waals surface area contributed by atoms with E-state index in [0.717, 1.165) is 11.1 Å². The summed E-state index contributed by atoms with van der Waals surface area (Å²) >= 11 is 5.80. The van der Waals surface area contributed by atoms with Crippen LogP contribution in [0.15, 0.2) is 12.3 Å². The largest absolute Gasteiger partial charge is 0.304 e. The molecule has 0 fully saturated rings. The Hall–Kier alpha value is -0.640. The van der Waals surface area contributed by atoms with Gasteiger partial charge in [0.2, 0.25) is 0 Å². The second-order valence-corrected chi connectivity index (χ2v) is 3.47. The molecule has 3 nitrogen and oxygen atoms in total. The molecular weight excluding hydrogens is 188 g/mol. The zero-order valence-electron chi connectivity index (χ0n) is 7.75. The van der Waals surface area contributed by atoms with Gasteiger partial charge in [0.05, 0.1) is 6.61 Å². The molecule has 0 bridgehead atoms. The van der Waals surface area contributed by atoms with Gasteiger partial charge in [0.15, 0.2) is 0 Å². The normalized spacial score (nSPS) is 12.9. The minimum atomic E-state index is 0.244. The summed E-state index contributed by atoms with van der Waals surface area (Å²) in [6.45, 7) is 4.44. The summed E-state index contributed by atoms with van der Waals surface area (Å²) in [6, 6.07) is 2.00. The average molecular weight is 201 g/mol. The maximum atomic E-state index is 5.80. The van der Waals surface area contributed by atoms with Crippen LogP contribution in [0.2, 0.25) is 5.15 Å². The first-order valence-corrected chi connectivity index (χ1v) is 4.46. The van der Waals surface area contributed by atoms with Crippen molar-refractivity contribution in [1.82, 2.24) is 4.98 Å². The average Bonchev–Trinajstić information content (AvgIpc) is 2.10. The van der Waals surface area contributed by atoms with Gasteiger partial charge in [0, 0.05) is 12.1 Å². The number of nitrogens with zero attached hydrogens (tertiary/aromatic N) is 1. The second kappa shape index (κ2) is 4.56. The first-order valence-electron chi connectivity index (χ1n) is 4.09. The van der Waals surface area contributed by atoms with E-state index in [0.29, 0.717) is 11.8 Å². The molecule has 0 radical (unpaired) electrons. The third kappa shape index (κ3) is 2.66. The number of aromatic nitrogens is 1. The standard InChI is InChI=1S/C9H13ClN2O/c1-6-3-8(4-12-9(6)10)7(2)5-13-11/h3-4,7H,5,11H2,1-2H3. The van der Waals surface area contributed by atoms with Gasteiger partial charge in [-0.25, -0.2) is 10.9 Å². The third-order valence-corrected chi connectivity index (χ3v) is 2.35. The Labute approximate surface area is 82.8 Å². The van der Waals surface area contributed by atoms with Crippen molar-refractivity contribution in [2.24, 2.45) is 5.90 Å². The van der Waals surface area contributed by atoms with Crippen LogP contribution >= 0.6 is 11.6 Å². The number of halogens is 1. The Balaban J connectivity index is 2.84. The molecule has 1 heterocycles. The van der Waals surface area contributed by atoms with Gasteiger partial charge in [-0.15, -0.1) is 0 Å². The van der Waals surface area contributed by atoms with Crippen molar-refractivity contribution in [3.05, 3.63) is 28.5 Å². The molecule has 1 aromatic rings. The maximum Gasteiger partial charge on any atom is 0.131 e. The molecule has 0 aliphatic rings. The molecule has 1 rings (SSSR count). The number of hydrogen-bond acceptors (Lipinski definition) is 3. The second-order valence-electron chi connectivity index (χ2n) is 3.11. The lowest BCUT2D eigenvalue weighted by Crippen LogP contribution is -2.09. The molecule has 0 aliphatic heterocycles. The Kier molecular flexibility index (Phi) is 3.66. The van der Waals surface area contributed by atoms with Crippen LogP contribution in [-0.4, -0.2) is 11.6 Å². The molecule has 1 atom stereocenters. The molecule has 1 unspecified atom stereocenters. The van der Waals surface area contributed by atoms with Gasteiger partial charge in [-0.1, -0.05) is 24.6 Å². The van der Waals surface area contributed by atoms with Gasteiger partial charge >= 0.3 is 0 Å². The molecule has 0 amide bonds. The molecule has 1 aromatic heterocycles. The van der Waals surface area contributed by atoms with Gasteiger partial charge in [0.25, 0.3) is 0 Å². The summed E-state index contributed by atoms with van der Waals surface area (Å²) in [5, 5.41) is 0.546. The lowest BCUT2D eigenvalue weighted by Gasteiger charge is -2.10. The molecule has 2 N–H and O–H groups in total. The summed E-state index contributed by atoms with van der Waals surface area (Å²) in [4.78, 5) is 8.62. The highest BCUT2D eigenvalue weighted by molar-refractivity contribution is 6.30. The van der Waals surface area contributed by atoms with Crippen LogP contribution in [-0.2, 0) is 4.84 Å². The Bertz CT molecular complexity index is 291. The lowest BCUT2D eigenvalue weighted by molar-refractivity contribution is 0.126. The van der Waals surface area contributed by atoms with E-state index in [1.165, 1.54) is 0 Å². The molecular formula is C9H13ClN2O. The summed E-state index contributed by atoms with van der Waals surface area (Å²) in [7, 11) is 0. The van der Waals surface area contributed by atoms with Crippen LogP contribution in [0.5, 0.6) is 0 Å². The zero-order valence-corrected chi connectivity index (χ0v) is 8.51. The van der Waals surface area contributed by atoms with Crippen molar-refractivity contribution in [1.29, 1.82) is 0 Å². The van der Waals surface area contributed by atoms with Crippen molar-refractivity contribution in [3.8, 4) is 0 Å². The van der Waals surface area contributed by atoms with E-state index in [-0.39, 0.29) is 5.92 Å². The molecule has 4 heteroatoms. The zero-order chi connectivity index (χ0) is 9.84. The summed E-state index contributed by atoms with van der Waals surface area (Å²) in [6.07, 6.45) is 1.75. The minimum absolute atomic E-state index is 0.244. The lowest BCUT2D eigenvalue weighted by atomic mass is 10.0. The van der Waals surface area contributed by atoms with Crippen molar-refractivity contribution >= 4 is 11.6 Å². The van der Waals surface area contributed by atoms with Crippen LogP contribution in [0, 0.1) is 6.92 Å². The van der Waals surface area contributed by atoms with Crippen LogP contribution in [0.4, 0.5) is 0 Å². The van der Waals surface area contributed by atoms with E-state index in [9.17, 15) is 0 Å². The molecule has 0 aromatic carbocycles. The predicted octanol–water partition coefficient (Wildman–Crippen LogP) is 2.04. The molecule has 0 spiro atoms. The fourth-order valence-electron chi connectivity index (χ4n) is 1.09. The summed E-state index contributed by atoms with van der Waals surface area (Å²) < 4.78 is 0. The van der Waals surface area contributed by atoms with E-state index in [1.54, 1.807) is 6.20 Å². The fraction of sp³-hybridized carbons (Fsp3) is 0.444. The number of hydrogen-bond donors (Lipinski definition) is 1. The maximum absolute atomic E-state index is 5.80. The van der Waals surface area contributed by atoms with Crippen LogP contribution < -0.4 is 5.90 Å². The summed E-state index contributed by atoms with van der Waals surface area (Å²) in [5.74, 6) is 5.23. The van der Waals surface area contributed by atoms with Crippen molar-refractivity contribution in [2.45, 2.75) is 19.8 Å². The van der Waals surface area contributed by atoms with Gasteiger partial charge in [-0.05, 0) is 18.1 Å². The van der Waals surface area contributed by atoms with Crippen molar-refractivity contribution in [3.63, 3.8) is 0 Å². The third-order valence-electron chi connectivity index (χ3n) is 1.95. The molecule has 0 aliphatic carbocycles. The fourth-order valence-corrected chi connectivity index (χ4v) is 1.19. The van der Waals surface area contributed by atoms with Gasteiger partial charge in [-0.2, -0.15) is 0 Å². The molecule has 0 saturated heterocycles. The molecule has 72 valence electrons. The van der Waals surface area contributed by atoms with Crippen molar-refractivity contribution < 1.29 is 4.84 Å². The van der Waals surface area contributed by atoms with E-state index in [1.807, 2.05) is 19.9 Å². The number of rotatable bonds is 3. The van der Waals surface area contributed by atoms with E-state index >= 15 is 0 Å². The number of nitrogens with two attached hydrogens (primary N) is 1. The van der Waals surface area contributed by atoms with Gasteiger partial charge in [0.1, 0.15) is 5.15 Å². The smallest absolute Gasteiger partial charge is 0.131 e. The highest BCUT2D eigenvalue weighted by Crippen LogP contribution is 2.19. The molecule has 13 heavy (non-hydrogen) atoms. The van der Waals surface area contributed by atoms with Crippen LogP contribution in [0.3, 0.4) is 0 Å². The topological polar surface area (TPSA) is 48.1 Å². The van der Waals surface area contributed by atoms with Gasteiger partial charge < -0.3 is 4.84 Å². The Morgan fingerprint density at radius 2 is 2.38 bits per heavy atom. The quantitative estimate of drug-likeness (QED) is 0.600. The summed E-state index contributed by atoms with van der Waals surface area (Å²) in [5.41, 5.74) is 2.07. The minimum Gasteiger partial charge on any atom is -0.304 e. The number of pyridine rings is 1. The van der Waals surface area contributed by atoms with E-state index < -0.39 is 0 Å². The van der Waals surface area contributed by atoms with Crippen LogP contribution in [0.1, 0.15) is 24.0 Å². The Morgan fingerprint density at radius 3 is 2.92 bits per heavy atom.